The van der Waals surface area contributed by atoms with E-state index in [0.717, 1.165) is 31.9 Å². The molecule has 0 saturated carbocycles. The minimum Gasteiger partial charge on any atom is -0.868 e. The molecule has 0 aliphatic carbocycles. The van der Waals surface area contributed by atoms with Gasteiger partial charge in [-0.1, -0.05) is 0 Å². The smallest absolute Gasteiger partial charge is 0.868 e. The van der Waals surface area contributed by atoms with E-state index < -0.39 is 88.2 Å². The number of carbonyl (C=O) groups excluding carboxylic acids is 3. The Morgan fingerprint density at radius 3 is 1.06 bits per heavy atom. The Balaban J connectivity index is 0.00000867. The summed E-state index contributed by atoms with van der Waals surface area (Å²) in [6.45, 7) is -1.79. The van der Waals surface area contributed by atoms with Crippen LogP contribution in [-0.4, -0.2) is 111 Å². The summed E-state index contributed by atoms with van der Waals surface area (Å²) >= 11 is 0. The van der Waals surface area contributed by atoms with E-state index in [1.807, 2.05) is 0 Å². The minimum absolute atomic E-state index is 0. The van der Waals surface area contributed by atoms with E-state index in [1.54, 1.807) is 4.90 Å². The number of hydrogen-bond acceptors (Lipinski definition) is 13. The summed E-state index contributed by atoms with van der Waals surface area (Å²) in [5.74, 6) is -5.85. The van der Waals surface area contributed by atoms with E-state index in [0.29, 0.717) is 0 Å². The van der Waals surface area contributed by atoms with Gasteiger partial charge in [0.25, 0.3) is 17.7 Å². The fraction of sp³-hybridized carbons (Fsp3) is 0.400. The molecular weight excluding hydrogens is 808 g/mol. The first-order valence-electron chi connectivity index (χ1n) is 15.1. The number of aliphatic hydroxyl groups is 3. The molecule has 3 heterocycles. The molecule has 0 spiro atoms. The molecule has 0 unspecified atom stereocenters. The van der Waals surface area contributed by atoms with Crippen LogP contribution in [0.15, 0.2) is 51.2 Å². The maximum absolute atomic E-state index is 12.9. The van der Waals surface area contributed by atoms with Crippen LogP contribution in [0.2, 0.25) is 0 Å². The molecule has 19 nitrogen and oxygen atoms in total. The SMILES string of the molecule is O=C(NCCN(CCNC(=O)c1c([O-])c(=O)ccn1CCO)CCNC(=O)c1c([O-])c(=O)ccn1CCO)c1c([O-])c(=O)ccn1CCO.[Gd+3]. The summed E-state index contributed by atoms with van der Waals surface area (Å²) in [5.41, 5.74) is -4.20. The number of amides is 3. The molecule has 0 aliphatic rings. The van der Waals surface area contributed by atoms with E-state index in [2.05, 4.69) is 16.0 Å². The molecule has 0 aromatic carbocycles. The Hall–Kier alpha value is -4.18. The van der Waals surface area contributed by atoms with Gasteiger partial charge < -0.3 is 60.3 Å². The van der Waals surface area contributed by atoms with Gasteiger partial charge in [-0.3, -0.25) is 33.7 Å². The number of rotatable bonds is 18. The van der Waals surface area contributed by atoms with Crippen LogP contribution in [0.1, 0.15) is 31.5 Å². The van der Waals surface area contributed by atoms with Crippen molar-refractivity contribution in [1.29, 1.82) is 0 Å². The van der Waals surface area contributed by atoms with Crippen LogP contribution in [0.25, 0.3) is 0 Å². The van der Waals surface area contributed by atoms with Crippen LogP contribution in [0.3, 0.4) is 0 Å². The molecule has 6 N–H and O–H groups in total. The normalized spacial score (nSPS) is 10.8. The van der Waals surface area contributed by atoms with Gasteiger partial charge in [-0.15, -0.1) is 0 Å². The van der Waals surface area contributed by atoms with Crippen LogP contribution in [-0.2, 0) is 19.6 Å². The number of hydrogen-bond donors (Lipinski definition) is 6. The van der Waals surface area contributed by atoms with Crippen molar-refractivity contribution in [2.24, 2.45) is 0 Å². The summed E-state index contributed by atoms with van der Waals surface area (Å²) < 4.78 is 3.41. The summed E-state index contributed by atoms with van der Waals surface area (Å²) in [6.07, 6.45) is 3.60. The zero-order valence-corrected chi connectivity index (χ0v) is 28.9. The molecule has 0 atom stereocenters. The standard InChI is InChI=1S/C30H39N7O12.Gd/c38-16-13-35-7-1-19(41)25(44)22(35)28(47)31-4-10-34(11-5-32-29(48)23-26(45)20(42)2-8-36(23)14-17-39)12-6-33-30(49)24-27(46)21(43)3-9-37(24)15-18-40;/h1-3,7-9,38-40,44-46H,4-6,10-18H2,(H,31,47)(H,32,48)(H,33,49);/q;+3/p-3. The Kier molecular flexibility index (Phi) is 17.2. The Bertz CT molecular complexity index is 1620. The second-order valence-corrected chi connectivity index (χ2v) is 10.4. The van der Waals surface area contributed by atoms with Crippen LogP contribution in [0.5, 0.6) is 17.2 Å². The van der Waals surface area contributed by atoms with E-state index in [4.69, 9.17) is 0 Å². The maximum atomic E-state index is 12.9. The summed E-state index contributed by atoms with van der Waals surface area (Å²) in [5, 5.41) is 72.5. The van der Waals surface area contributed by atoms with Gasteiger partial charge in [0, 0.05) is 95.7 Å². The Morgan fingerprint density at radius 1 is 0.560 bits per heavy atom. The molecule has 3 aromatic heterocycles. The van der Waals surface area contributed by atoms with Gasteiger partial charge in [0.05, 0.1) is 19.8 Å². The molecule has 3 aromatic rings. The van der Waals surface area contributed by atoms with Crippen molar-refractivity contribution in [3.05, 3.63) is 84.5 Å². The molecule has 50 heavy (non-hydrogen) atoms. The average molecular weight is 844 g/mol. The third-order valence-corrected chi connectivity index (χ3v) is 7.20. The molecule has 0 bridgehead atoms. The Morgan fingerprint density at radius 2 is 0.820 bits per heavy atom. The van der Waals surface area contributed by atoms with Crippen molar-refractivity contribution >= 4 is 17.7 Å². The van der Waals surface area contributed by atoms with Gasteiger partial charge in [-0.2, -0.15) is 0 Å². The van der Waals surface area contributed by atoms with Crippen LogP contribution in [0, 0.1) is 39.9 Å². The predicted octanol–water partition coefficient (Wildman–Crippen LogP) is -5.74. The fourth-order valence-corrected chi connectivity index (χ4v) is 4.82. The van der Waals surface area contributed by atoms with Gasteiger partial charge in [0.2, 0.25) is 0 Å². The van der Waals surface area contributed by atoms with Gasteiger partial charge in [-0.05, 0) is 17.2 Å². The first-order valence-corrected chi connectivity index (χ1v) is 15.1. The van der Waals surface area contributed by atoms with Gasteiger partial charge in [0.1, 0.15) is 17.1 Å². The first-order chi connectivity index (χ1) is 23.4. The number of nitrogens with one attached hydrogen (secondary N) is 3. The van der Waals surface area contributed by atoms with Crippen LogP contribution < -0.4 is 47.6 Å². The van der Waals surface area contributed by atoms with E-state index in [9.17, 15) is 59.4 Å². The van der Waals surface area contributed by atoms with E-state index >= 15 is 0 Å². The molecule has 1 radical (unpaired) electrons. The van der Waals surface area contributed by atoms with Crippen molar-refractivity contribution < 1.29 is 85.0 Å². The van der Waals surface area contributed by atoms with E-state index in [1.165, 1.54) is 18.6 Å². The monoisotopic (exact) mass is 844 g/mol. The number of nitrogens with zero attached hydrogens (tertiary/aromatic N) is 4. The molecule has 0 fully saturated rings. The molecule has 20 heteroatoms. The fourth-order valence-electron chi connectivity index (χ4n) is 4.82. The average Bonchev–Trinajstić information content (AvgIpc) is 3.06. The number of aromatic nitrogens is 3. The minimum atomic E-state index is -1.06. The molecular formula is C30H36GdN7O12. The first kappa shape index (κ1) is 42.0. The largest absolute Gasteiger partial charge is 3.00 e. The molecule has 0 saturated heterocycles. The van der Waals surface area contributed by atoms with E-state index in [-0.39, 0.29) is 98.8 Å². The van der Waals surface area contributed by atoms with Gasteiger partial charge in [-0.25, -0.2) is 0 Å². The third kappa shape index (κ3) is 10.9. The van der Waals surface area contributed by atoms with Crippen LogP contribution in [0.4, 0.5) is 0 Å². The van der Waals surface area contributed by atoms with Crippen molar-refractivity contribution in [2.75, 3.05) is 59.1 Å². The van der Waals surface area contributed by atoms with Crippen molar-refractivity contribution in [3.63, 3.8) is 0 Å². The van der Waals surface area contributed by atoms with Gasteiger partial charge >= 0.3 is 39.9 Å². The predicted molar refractivity (Wildman–Crippen MR) is 165 cm³/mol. The van der Waals surface area contributed by atoms with Crippen molar-refractivity contribution in [2.45, 2.75) is 19.6 Å². The summed E-state index contributed by atoms with van der Waals surface area (Å²) in [6, 6.07) is 2.92. The van der Waals surface area contributed by atoms with Crippen molar-refractivity contribution in [3.8, 4) is 17.2 Å². The summed E-state index contributed by atoms with van der Waals surface area (Å²) in [4.78, 5) is 75.9. The van der Waals surface area contributed by atoms with Gasteiger partial charge in [0.15, 0.2) is 16.3 Å². The summed E-state index contributed by atoms with van der Waals surface area (Å²) in [7, 11) is 0. The zero-order chi connectivity index (χ0) is 36.1. The third-order valence-electron chi connectivity index (χ3n) is 7.20. The van der Waals surface area contributed by atoms with Crippen LogP contribution >= 0.6 is 0 Å². The van der Waals surface area contributed by atoms with Crippen molar-refractivity contribution in [1.82, 2.24) is 34.6 Å². The second kappa shape index (κ2) is 20.5. The number of carbonyl (C=O) groups is 3. The molecule has 3 amide bonds. The topological polar surface area (TPSA) is 286 Å². The Labute approximate surface area is 316 Å². The second-order valence-electron chi connectivity index (χ2n) is 10.4. The molecule has 271 valence electrons. The quantitative estimate of drug-likeness (QED) is 0.0697. The number of pyridine rings is 3. The maximum Gasteiger partial charge on any atom is 3.00 e. The zero-order valence-electron chi connectivity index (χ0n) is 26.6. The number of aliphatic hydroxyl groups excluding tert-OH is 3. The molecule has 3 rings (SSSR count). The molecule has 0 aliphatic heterocycles.